The standard InChI is InChI=1S/C23H32N6O2/c1-14(2)29-19-10-6-5-9-18(19)25-20(29)12-24-23(31)15-11-21(30)28(13-15)22-16-7-3-4-8-17(16)26-27-22/h5-6,9-10,14-17,22,26-27H,3-4,7-8,11-13H2,1-2H3,(H,24,31). The number of aromatic nitrogens is 2. The van der Waals surface area contributed by atoms with Crippen LogP contribution in [-0.4, -0.2) is 45.0 Å². The van der Waals surface area contributed by atoms with Gasteiger partial charge in [0, 0.05) is 31.0 Å². The molecule has 2 aliphatic heterocycles. The van der Waals surface area contributed by atoms with Crippen molar-refractivity contribution in [3.8, 4) is 0 Å². The molecule has 8 nitrogen and oxygen atoms in total. The molecule has 31 heavy (non-hydrogen) atoms. The van der Waals surface area contributed by atoms with E-state index in [9.17, 15) is 9.59 Å². The number of amides is 2. The van der Waals surface area contributed by atoms with E-state index in [0.29, 0.717) is 25.0 Å². The number of fused-ring (bicyclic) bond motifs is 2. The zero-order chi connectivity index (χ0) is 21.5. The van der Waals surface area contributed by atoms with E-state index in [1.54, 1.807) is 0 Å². The number of carbonyl (C=O) groups excluding carboxylic acids is 2. The molecule has 3 heterocycles. The van der Waals surface area contributed by atoms with E-state index in [1.807, 2.05) is 23.1 Å². The number of nitrogens with one attached hydrogen (secondary N) is 3. The first-order valence-electron chi connectivity index (χ1n) is 11.6. The van der Waals surface area contributed by atoms with Gasteiger partial charge in [-0.05, 0) is 38.8 Å². The molecule has 1 aromatic heterocycles. The molecule has 4 atom stereocenters. The average molecular weight is 425 g/mol. The maximum absolute atomic E-state index is 12.9. The molecular weight excluding hydrogens is 392 g/mol. The molecule has 0 radical (unpaired) electrons. The van der Waals surface area contributed by atoms with Crippen LogP contribution in [0.1, 0.15) is 57.8 Å². The average Bonchev–Trinajstić information content (AvgIpc) is 3.46. The molecule has 4 unspecified atom stereocenters. The predicted octanol–water partition coefficient (Wildman–Crippen LogP) is 2.07. The summed E-state index contributed by atoms with van der Waals surface area (Å²) in [5, 5.41) is 3.05. The number of nitrogens with zero attached hydrogens (tertiary/aromatic N) is 3. The molecule has 3 N–H and O–H groups in total. The van der Waals surface area contributed by atoms with Gasteiger partial charge in [0.2, 0.25) is 11.8 Å². The van der Waals surface area contributed by atoms with Gasteiger partial charge >= 0.3 is 0 Å². The van der Waals surface area contributed by atoms with Crippen molar-refractivity contribution in [1.82, 2.24) is 30.6 Å². The van der Waals surface area contributed by atoms with Crippen molar-refractivity contribution in [3.63, 3.8) is 0 Å². The Morgan fingerprint density at radius 3 is 2.87 bits per heavy atom. The van der Waals surface area contributed by atoms with Crippen molar-refractivity contribution in [1.29, 1.82) is 0 Å². The SMILES string of the molecule is CC(C)n1c(CNC(=O)C2CC(=O)N(C3NNC4CCCCC43)C2)nc2ccccc21. The fourth-order valence-electron chi connectivity index (χ4n) is 5.61. The molecule has 0 spiro atoms. The van der Waals surface area contributed by atoms with Crippen LogP contribution in [0.25, 0.3) is 11.0 Å². The van der Waals surface area contributed by atoms with Gasteiger partial charge in [-0.25, -0.2) is 10.4 Å². The molecule has 2 aromatic rings. The van der Waals surface area contributed by atoms with Crippen LogP contribution in [0.4, 0.5) is 0 Å². The normalized spacial score (nSPS) is 28.5. The van der Waals surface area contributed by atoms with E-state index in [1.165, 1.54) is 12.8 Å². The first-order chi connectivity index (χ1) is 15.0. The number of imidazole rings is 1. The van der Waals surface area contributed by atoms with Gasteiger partial charge in [-0.3, -0.25) is 15.0 Å². The van der Waals surface area contributed by atoms with Crippen LogP contribution in [0.5, 0.6) is 0 Å². The highest BCUT2D eigenvalue weighted by Crippen LogP contribution is 2.34. The second-order valence-electron chi connectivity index (χ2n) is 9.43. The summed E-state index contributed by atoms with van der Waals surface area (Å²) in [5.74, 6) is 0.973. The lowest BCUT2D eigenvalue weighted by atomic mass is 9.84. The molecule has 3 fully saturated rings. The van der Waals surface area contributed by atoms with Gasteiger partial charge in [-0.1, -0.05) is 25.0 Å². The number of para-hydroxylation sites is 2. The molecule has 2 amide bonds. The lowest BCUT2D eigenvalue weighted by molar-refractivity contribution is -0.131. The highest BCUT2D eigenvalue weighted by Gasteiger charge is 2.46. The largest absolute Gasteiger partial charge is 0.349 e. The molecule has 0 bridgehead atoms. The van der Waals surface area contributed by atoms with Crippen LogP contribution >= 0.6 is 0 Å². The van der Waals surface area contributed by atoms with Crippen molar-refractivity contribution >= 4 is 22.8 Å². The monoisotopic (exact) mass is 424 g/mol. The van der Waals surface area contributed by atoms with E-state index in [-0.39, 0.29) is 36.4 Å². The van der Waals surface area contributed by atoms with Gasteiger partial charge in [0.05, 0.1) is 29.7 Å². The highest BCUT2D eigenvalue weighted by atomic mass is 16.2. The Bertz CT molecular complexity index is 986. The second kappa shape index (κ2) is 8.24. The summed E-state index contributed by atoms with van der Waals surface area (Å²) in [6.07, 6.45) is 5.01. The van der Waals surface area contributed by atoms with Gasteiger partial charge in [-0.2, -0.15) is 0 Å². The molecule has 1 aromatic carbocycles. The predicted molar refractivity (Wildman–Crippen MR) is 118 cm³/mol. The number of hydrogen-bond acceptors (Lipinski definition) is 5. The van der Waals surface area contributed by atoms with Gasteiger partial charge in [0.15, 0.2) is 0 Å². The van der Waals surface area contributed by atoms with Crippen molar-refractivity contribution in [2.45, 2.75) is 70.7 Å². The Hall–Kier alpha value is -2.45. The van der Waals surface area contributed by atoms with Crippen LogP contribution in [0.2, 0.25) is 0 Å². The lowest BCUT2D eigenvalue weighted by Crippen LogP contribution is -2.48. The van der Waals surface area contributed by atoms with Gasteiger partial charge in [0.1, 0.15) is 5.82 Å². The van der Waals surface area contributed by atoms with Crippen LogP contribution in [0.15, 0.2) is 24.3 Å². The quantitative estimate of drug-likeness (QED) is 0.684. The zero-order valence-corrected chi connectivity index (χ0v) is 18.3. The van der Waals surface area contributed by atoms with Gasteiger partial charge in [0.25, 0.3) is 0 Å². The zero-order valence-electron chi connectivity index (χ0n) is 18.3. The first kappa shape index (κ1) is 20.5. The Morgan fingerprint density at radius 2 is 2.03 bits per heavy atom. The van der Waals surface area contributed by atoms with Crippen molar-refractivity contribution in [3.05, 3.63) is 30.1 Å². The summed E-state index contributed by atoms with van der Waals surface area (Å²) < 4.78 is 2.17. The number of hydrogen-bond donors (Lipinski definition) is 3. The summed E-state index contributed by atoms with van der Waals surface area (Å²) in [4.78, 5) is 32.3. The third-order valence-electron chi connectivity index (χ3n) is 7.11. The number of hydrazine groups is 1. The summed E-state index contributed by atoms with van der Waals surface area (Å²) in [6, 6.07) is 8.71. The molecule has 5 rings (SSSR count). The summed E-state index contributed by atoms with van der Waals surface area (Å²) in [7, 11) is 0. The van der Waals surface area contributed by atoms with E-state index >= 15 is 0 Å². The van der Waals surface area contributed by atoms with E-state index in [0.717, 1.165) is 29.7 Å². The van der Waals surface area contributed by atoms with Crippen LogP contribution in [0, 0.1) is 11.8 Å². The van der Waals surface area contributed by atoms with Gasteiger partial charge in [-0.15, -0.1) is 0 Å². The Morgan fingerprint density at radius 1 is 1.23 bits per heavy atom. The van der Waals surface area contributed by atoms with Crippen molar-refractivity contribution < 1.29 is 9.59 Å². The Kier molecular flexibility index (Phi) is 5.44. The minimum atomic E-state index is -0.311. The second-order valence-corrected chi connectivity index (χ2v) is 9.43. The van der Waals surface area contributed by atoms with E-state index < -0.39 is 0 Å². The van der Waals surface area contributed by atoms with Crippen molar-refractivity contribution in [2.75, 3.05) is 6.54 Å². The molecule has 1 aliphatic carbocycles. The Labute approximate surface area is 182 Å². The number of likely N-dealkylation sites (tertiary alicyclic amines) is 1. The molecule has 8 heteroatoms. The number of rotatable bonds is 5. The summed E-state index contributed by atoms with van der Waals surface area (Å²) >= 11 is 0. The molecule has 1 saturated carbocycles. The maximum Gasteiger partial charge on any atom is 0.225 e. The fraction of sp³-hybridized carbons (Fsp3) is 0.609. The van der Waals surface area contributed by atoms with Gasteiger partial charge < -0.3 is 14.8 Å². The number of carbonyl (C=O) groups is 2. The molecule has 3 aliphatic rings. The van der Waals surface area contributed by atoms with Crippen LogP contribution in [-0.2, 0) is 16.1 Å². The Balaban J connectivity index is 1.24. The smallest absolute Gasteiger partial charge is 0.225 e. The highest BCUT2D eigenvalue weighted by molar-refractivity contribution is 5.89. The number of benzene rings is 1. The molecular formula is C23H32N6O2. The summed E-state index contributed by atoms with van der Waals surface area (Å²) in [6.45, 7) is 5.08. The minimum Gasteiger partial charge on any atom is -0.349 e. The van der Waals surface area contributed by atoms with Crippen molar-refractivity contribution in [2.24, 2.45) is 11.8 Å². The van der Waals surface area contributed by atoms with Crippen LogP contribution < -0.4 is 16.2 Å². The topological polar surface area (TPSA) is 91.3 Å². The maximum atomic E-state index is 12.9. The fourth-order valence-corrected chi connectivity index (χ4v) is 5.61. The lowest BCUT2D eigenvalue weighted by Gasteiger charge is -2.32. The third kappa shape index (κ3) is 3.72. The van der Waals surface area contributed by atoms with Crippen LogP contribution in [0.3, 0.4) is 0 Å². The van der Waals surface area contributed by atoms with E-state index in [2.05, 4.69) is 40.6 Å². The third-order valence-corrected chi connectivity index (χ3v) is 7.11. The minimum absolute atomic E-state index is 0.000684. The molecule has 2 saturated heterocycles. The van der Waals surface area contributed by atoms with E-state index in [4.69, 9.17) is 4.98 Å². The summed E-state index contributed by atoms with van der Waals surface area (Å²) in [5.41, 5.74) is 8.71. The first-order valence-corrected chi connectivity index (χ1v) is 11.6. The molecule has 166 valence electrons.